The van der Waals surface area contributed by atoms with E-state index in [1.807, 2.05) is 61.5 Å². The van der Waals surface area contributed by atoms with Crippen molar-refractivity contribution >= 4 is 11.6 Å². The zero-order chi connectivity index (χ0) is 16.8. The molecule has 4 heteroatoms. The van der Waals surface area contributed by atoms with Crippen molar-refractivity contribution in [3.8, 4) is 0 Å². The average Bonchev–Trinajstić information content (AvgIpc) is 3.12. The Morgan fingerprint density at radius 1 is 1.21 bits per heavy atom. The minimum Gasteiger partial charge on any atom is -0.372 e. The third-order valence-electron chi connectivity index (χ3n) is 4.42. The molecule has 1 amide bonds. The summed E-state index contributed by atoms with van der Waals surface area (Å²) >= 11 is 0. The Kier molecular flexibility index (Phi) is 5.62. The summed E-state index contributed by atoms with van der Waals surface area (Å²) in [5.74, 6) is 0.00282. The number of aryl methyl sites for hydroxylation is 1. The van der Waals surface area contributed by atoms with E-state index in [9.17, 15) is 4.79 Å². The molecule has 0 unspecified atom stereocenters. The first kappa shape index (κ1) is 16.7. The van der Waals surface area contributed by atoms with Gasteiger partial charge in [0.15, 0.2) is 6.04 Å². The summed E-state index contributed by atoms with van der Waals surface area (Å²) in [6.45, 7) is 3.68. The lowest BCUT2D eigenvalue weighted by atomic mass is 10.1. The van der Waals surface area contributed by atoms with E-state index in [1.54, 1.807) is 0 Å². The summed E-state index contributed by atoms with van der Waals surface area (Å²) < 4.78 is 5.69. The number of quaternary nitrogens is 1. The number of benzene rings is 2. The third kappa shape index (κ3) is 4.43. The van der Waals surface area contributed by atoms with Gasteiger partial charge in [0.25, 0.3) is 5.91 Å². The number of anilines is 1. The molecule has 0 aromatic heterocycles. The van der Waals surface area contributed by atoms with Crippen LogP contribution in [0.3, 0.4) is 0 Å². The van der Waals surface area contributed by atoms with Crippen LogP contribution in [0, 0.1) is 6.92 Å². The van der Waals surface area contributed by atoms with Crippen LogP contribution in [0.1, 0.15) is 30.0 Å². The van der Waals surface area contributed by atoms with Crippen molar-refractivity contribution in [2.45, 2.75) is 31.9 Å². The topological polar surface area (TPSA) is 54.9 Å². The summed E-state index contributed by atoms with van der Waals surface area (Å²) in [4.78, 5) is 12.8. The van der Waals surface area contributed by atoms with Crippen molar-refractivity contribution in [3.05, 3.63) is 65.7 Å². The summed E-state index contributed by atoms with van der Waals surface area (Å²) in [6, 6.07) is 17.5. The summed E-state index contributed by atoms with van der Waals surface area (Å²) in [7, 11) is 0. The first-order valence-corrected chi connectivity index (χ1v) is 8.60. The van der Waals surface area contributed by atoms with E-state index >= 15 is 0 Å². The van der Waals surface area contributed by atoms with Crippen molar-refractivity contribution in [2.75, 3.05) is 18.5 Å². The molecule has 3 N–H and O–H groups in total. The molecule has 2 aromatic rings. The highest BCUT2D eigenvalue weighted by Gasteiger charge is 2.27. The fourth-order valence-electron chi connectivity index (χ4n) is 3.03. The Balaban J connectivity index is 1.70. The minimum absolute atomic E-state index is 0.00282. The van der Waals surface area contributed by atoms with Crippen LogP contribution in [-0.4, -0.2) is 25.2 Å². The number of carbonyl (C=O) groups is 1. The second kappa shape index (κ2) is 8.08. The molecule has 0 spiro atoms. The molecular weight excluding hydrogens is 300 g/mol. The van der Waals surface area contributed by atoms with Gasteiger partial charge in [0, 0.05) is 17.9 Å². The van der Waals surface area contributed by atoms with Gasteiger partial charge in [-0.3, -0.25) is 4.79 Å². The summed E-state index contributed by atoms with van der Waals surface area (Å²) in [5.41, 5.74) is 3.02. The van der Waals surface area contributed by atoms with Gasteiger partial charge in [-0.15, -0.1) is 0 Å². The fourth-order valence-corrected chi connectivity index (χ4v) is 3.03. The van der Waals surface area contributed by atoms with E-state index in [1.165, 1.54) is 5.56 Å². The molecule has 3 rings (SSSR count). The molecule has 2 atom stereocenters. The lowest BCUT2D eigenvalue weighted by Crippen LogP contribution is -2.89. The molecule has 1 heterocycles. The van der Waals surface area contributed by atoms with Crippen LogP contribution >= 0.6 is 0 Å². The molecular formula is C20H25N2O2+. The Labute approximate surface area is 143 Å². The highest BCUT2D eigenvalue weighted by molar-refractivity contribution is 5.94. The number of nitrogens with two attached hydrogens (primary N) is 1. The molecule has 0 radical (unpaired) electrons. The highest BCUT2D eigenvalue weighted by atomic mass is 16.5. The quantitative estimate of drug-likeness (QED) is 0.857. The van der Waals surface area contributed by atoms with Crippen LogP contribution < -0.4 is 10.6 Å². The minimum atomic E-state index is -0.267. The van der Waals surface area contributed by atoms with Gasteiger partial charge in [0.2, 0.25) is 0 Å². The number of hydrogen-bond acceptors (Lipinski definition) is 2. The Morgan fingerprint density at radius 3 is 2.62 bits per heavy atom. The van der Waals surface area contributed by atoms with Crippen LogP contribution in [0.15, 0.2) is 54.6 Å². The molecule has 1 fully saturated rings. The Hall–Kier alpha value is -2.17. The van der Waals surface area contributed by atoms with Gasteiger partial charge < -0.3 is 15.4 Å². The van der Waals surface area contributed by atoms with Crippen LogP contribution in [0.5, 0.6) is 0 Å². The standard InChI is InChI=1S/C20H24N2O2/c1-15-9-11-17(12-10-15)22-20(23)19(16-6-3-2-4-7-16)21-14-18-8-5-13-24-18/h2-4,6-7,9-12,18-19,21H,5,8,13-14H2,1H3,(H,22,23)/p+1/t18-,19-/m1/s1. The second-order valence-electron chi connectivity index (χ2n) is 6.35. The molecule has 0 aliphatic carbocycles. The lowest BCUT2D eigenvalue weighted by molar-refractivity contribution is -0.687. The number of hydrogen-bond donors (Lipinski definition) is 2. The molecule has 4 nitrogen and oxygen atoms in total. The van der Waals surface area contributed by atoms with Crippen LogP contribution in [0.2, 0.25) is 0 Å². The highest BCUT2D eigenvalue weighted by Crippen LogP contribution is 2.15. The van der Waals surface area contributed by atoms with Gasteiger partial charge in [0.05, 0.1) is 0 Å². The fraction of sp³-hybridized carbons (Fsp3) is 0.350. The van der Waals surface area contributed by atoms with Crippen LogP contribution in [0.4, 0.5) is 5.69 Å². The number of rotatable bonds is 6. The second-order valence-corrected chi connectivity index (χ2v) is 6.35. The Morgan fingerprint density at radius 2 is 1.96 bits per heavy atom. The van der Waals surface area contributed by atoms with Gasteiger partial charge in [0.1, 0.15) is 12.6 Å². The van der Waals surface area contributed by atoms with Crippen molar-refractivity contribution < 1.29 is 14.8 Å². The normalized spacial score (nSPS) is 18.3. The van der Waals surface area contributed by atoms with Crippen molar-refractivity contribution in [1.82, 2.24) is 0 Å². The monoisotopic (exact) mass is 325 g/mol. The van der Waals surface area contributed by atoms with E-state index in [-0.39, 0.29) is 18.1 Å². The van der Waals surface area contributed by atoms with Crippen molar-refractivity contribution in [2.24, 2.45) is 0 Å². The van der Waals surface area contributed by atoms with E-state index in [0.29, 0.717) is 0 Å². The van der Waals surface area contributed by atoms with Gasteiger partial charge in [-0.1, -0.05) is 48.0 Å². The molecule has 126 valence electrons. The zero-order valence-corrected chi connectivity index (χ0v) is 14.1. The first-order chi connectivity index (χ1) is 11.7. The van der Waals surface area contributed by atoms with E-state index in [0.717, 1.165) is 37.2 Å². The molecule has 1 saturated heterocycles. The average molecular weight is 325 g/mol. The van der Waals surface area contributed by atoms with Crippen LogP contribution in [0.25, 0.3) is 0 Å². The number of nitrogens with one attached hydrogen (secondary N) is 1. The number of ether oxygens (including phenoxy) is 1. The van der Waals surface area contributed by atoms with Gasteiger partial charge in [-0.05, 0) is 31.9 Å². The predicted octanol–water partition coefficient (Wildman–Crippen LogP) is 2.42. The molecule has 1 aliphatic heterocycles. The molecule has 2 aromatic carbocycles. The maximum absolute atomic E-state index is 12.8. The van der Waals surface area contributed by atoms with E-state index in [4.69, 9.17) is 4.74 Å². The molecule has 24 heavy (non-hydrogen) atoms. The summed E-state index contributed by atoms with van der Waals surface area (Å²) in [6.07, 6.45) is 2.45. The largest absolute Gasteiger partial charge is 0.372 e. The zero-order valence-electron chi connectivity index (χ0n) is 14.1. The Bertz CT molecular complexity index is 649. The number of amides is 1. The predicted molar refractivity (Wildman–Crippen MR) is 94.8 cm³/mol. The van der Waals surface area contributed by atoms with Gasteiger partial charge >= 0.3 is 0 Å². The van der Waals surface area contributed by atoms with Gasteiger partial charge in [-0.2, -0.15) is 0 Å². The number of carbonyl (C=O) groups excluding carboxylic acids is 1. The van der Waals surface area contributed by atoms with E-state index < -0.39 is 0 Å². The lowest BCUT2D eigenvalue weighted by Gasteiger charge is -2.18. The van der Waals surface area contributed by atoms with E-state index in [2.05, 4.69) is 10.6 Å². The van der Waals surface area contributed by atoms with Crippen molar-refractivity contribution in [3.63, 3.8) is 0 Å². The van der Waals surface area contributed by atoms with Crippen molar-refractivity contribution in [1.29, 1.82) is 0 Å². The third-order valence-corrected chi connectivity index (χ3v) is 4.42. The maximum Gasteiger partial charge on any atom is 0.287 e. The SMILES string of the molecule is Cc1ccc(NC(=O)[C@H]([NH2+]C[C@H]2CCCO2)c2ccccc2)cc1. The maximum atomic E-state index is 12.8. The first-order valence-electron chi connectivity index (χ1n) is 8.60. The van der Waals surface area contributed by atoms with Gasteiger partial charge in [-0.25, -0.2) is 0 Å². The summed E-state index contributed by atoms with van der Waals surface area (Å²) in [5, 5.41) is 5.12. The molecule has 0 saturated carbocycles. The molecule has 0 bridgehead atoms. The molecule has 1 aliphatic rings. The smallest absolute Gasteiger partial charge is 0.287 e. The van der Waals surface area contributed by atoms with Crippen LogP contribution in [-0.2, 0) is 9.53 Å².